The van der Waals surface area contributed by atoms with E-state index in [2.05, 4.69) is 15.1 Å². The smallest absolute Gasteiger partial charge is 0.337 e. The third kappa shape index (κ3) is 4.60. The second-order valence-electron chi connectivity index (χ2n) is 8.46. The molecule has 2 aliphatic carbocycles. The van der Waals surface area contributed by atoms with Gasteiger partial charge >= 0.3 is 11.6 Å². The minimum absolute atomic E-state index is 0.0839. The fourth-order valence-corrected chi connectivity index (χ4v) is 4.17. The molecule has 9 heteroatoms. The van der Waals surface area contributed by atoms with E-state index in [-0.39, 0.29) is 17.1 Å². The molecule has 0 atom stereocenters. The third-order valence-electron chi connectivity index (χ3n) is 6.26. The summed E-state index contributed by atoms with van der Waals surface area (Å²) in [5.74, 6) is -2.73. The SMILES string of the molecule is CC(F)(F)C1CCC(=NOc2nc3oc(=O)cc(CCC4CCC4)c3c(=O)[nH]2)CC1. The van der Waals surface area contributed by atoms with Crippen molar-refractivity contribution in [3.8, 4) is 6.01 Å². The van der Waals surface area contributed by atoms with Crippen LogP contribution in [0, 0.1) is 11.8 Å². The van der Waals surface area contributed by atoms with Crippen LogP contribution in [-0.2, 0) is 6.42 Å². The number of nitrogens with one attached hydrogen (secondary N) is 1. The minimum Gasteiger partial charge on any atom is -0.403 e. The van der Waals surface area contributed by atoms with E-state index < -0.39 is 23.0 Å². The van der Waals surface area contributed by atoms with Crippen LogP contribution < -0.4 is 16.0 Å². The van der Waals surface area contributed by atoms with E-state index in [0.29, 0.717) is 49.3 Å². The maximum absolute atomic E-state index is 13.4. The Balaban J connectivity index is 1.50. The van der Waals surface area contributed by atoms with Gasteiger partial charge < -0.3 is 9.25 Å². The Morgan fingerprint density at radius 3 is 2.63 bits per heavy atom. The molecule has 7 nitrogen and oxygen atoms in total. The number of hydrogen-bond donors (Lipinski definition) is 1. The lowest BCUT2D eigenvalue weighted by molar-refractivity contribution is -0.0468. The summed E-state index contributed by atoms with van der Waals surface area (Å²) in [6.45, 7) is 0.939. The first kappa shape index (κ1) is 20.7. The molecular weight excluding hydrogens is 396 g/mol. The molecule has 2 aliphatic rings. The van der Waals surface area contributed by atoms with Gasteiger partial charge in [0.05, 0.1) is 5.71 Å². The quantitative estimate of drug-likeness (QED) is 0.706. The normalized spacial score (nSPS) is 20.2. The molecule has 2 aromatic heterocycles. The van der Waals surface area contributed by atoms with Crippen molar-refractivity contribution in [2.45, 2.75) is 70.6 Å². The van der Waals surface area contributed by atoms with Gasteiger partial charge in [0.1, 0.15) is 5.39 Å². The summed E-state index contributed by atoms with van der Waals surface area (Å²) in [5, 5.41) is 4.21. The molecular formula is C21H25F2N3O4. The monoisotopic (exact) mass is 421 g/mol. The zero-order chi connectivity index (χ0) is 21.3. The van der Waals surface area contributed by atoms with E-state index >= 15 is 0 Å². The Morgan fingerprint density at radius 1 is 1.27 bits per heavy atom. The van der Waals surface area contributed by atoms with Crippen molar-refractivity contribution in [3.05, 3.63) is 32.4 Å². The molecule has 2 fully saturated rings. The number of aromatic amines is 1. The Bertz CT molecular complexity index is 1060. The summed E-state index contributed by atoms with van der Waals surface area (Å²) in [6.07, 6.45) is 6.57. The second kappa shape index (κ2) is 8.28. The van der Waals surface area contributed by atoms with Crippen molar-refractivity contribution in [1.82, 2.24) is 9.97 Å². The average molecular weight is 421 g/mol. The van der Waals surface area contributed by atoms with Gasteiger partial charge in [0, 0.05) is 12.0 Å². The zero-order valence-corrected chi connectivity index (χ0v) is 16.9. The van der Waals surface area contributed by atoms with Gasteiger partial charge in [-0.05, 0) is 56.9 Å². The third-order valence-corrected chi connectivity index (χ3v) is 6.26. The zero-order valence-electron chi connectivity index (χ0n) is 16.9. The standard InChI is InChI=1S/C21H25F2N3O4/c1-21(22,23)14-7-9-15(10-8-14)26-30-20-24-18(28)17-13(6-5-12-3-2-4-12)11-16(27)29-19(17)25-20/h11-12,14H,2-10H2,1H3,(H,24,25,28). The lowest BCUT2D eigenvalue weighted by Crippen LogP contribution is -2.29. The van der Waals surface area contributed by atoms with Crippen LogP contribution in [0.15, 0.2) is 25.2 Å². The Hall–Kier alpha value is -2.58. The molecule has 0 saturated heterocycles. The van der Waals surface area contributed by atoms with Crippen LogP contribution in [0.1, 0.15) is 63.9 Å². The highest BCUT2D eigenvalue weighted by molar-refractivity contribution is 5.84. The minimum atomic E-state index is -2.70. The number of hydrogen-bond acceptors (Lipinski definition) is 6. The Morgan fingerprint density at radius 2 is 2.00 bits per heavy atom. The maximum Gasteiger partial charge on any atom is 0.337 e. The van der Waals surface area contributed by atoms with Crippen molar-refractivity contribution in [1.29, 1.82) is 0 Å². The van der Waals surface area contributed by atoms with Gasteiger partial charge in [-0.2, -0.15) is 4.98 Å². The molecule has 2 saturated carbocycles. The van der Waals surface area contributed by atoms with Crippen molar-refractivity contribution in [2.24, 2.45) is 17.0 Å². The summed E-state index contributed by atoms with van der Waals surface area (Å²) in [5.41, 5.74) is 0.143. The molecule has 0 aromatic carbocycles. The highest BCUT2D eigenvalue weighted by Gasteiger charge is 2.36. The molecule has 30 heavy (non-hydrogen) atoms. The van der Waals surface area contributed by atoms with Gasteiger partial charge in [-0.15, -0.1) is 0 Å². The van der Waals surface area contributed by atoms with E-state index in [0.717, 1.165) is 13.3 Å². The van der Waals surface area contributed by atoms with E-state index in [1.807, 2.05) is 0 Å². The first-order valence-electron chi connectivity index (χ1n) is 10.5. The molecule has 4 rings (SSSR count). The molecule has 0 aliphatic heterocycles. The maximum atomic E-state index is 13.4. The van der Waals surface area contributed by atoms with E-state index in [1.54, 1.807) is 0 Å². The highest BCUT2D eigenvalue weighted by atomic mass is 19.3. The summed E-state index contributed by atoms with van der Waals surface area (Å²) >= 11 is 0. The van der Waals surface area contributed by atoms with Crippen molar-refractivity contribution in [2.75, 3.05) is 0 Å². The first-order chi connectivity index (χ1) is 14.3. The number of nitrogens with zero attached hydrogens (tertiary/aromatic N) is 2. The van der Waals surface area contributed by atoms with Gasteiger partial charge in [-0.3, -0.25) is 9.78 Å². The van der Waals surface area contributed by atoms with Crippen molar-refractivity contribution in [3.63, 3.8) is 0 Å². The molecule has 0 amide bonds. The van der Waals surface area contributed by atoms with Gasteiger partial charge in [0.2, 0.25) is 11.6 Å². The van der Waals surface area contributed by atoms with Gasteiger partial charge in [0.25, 0.3) is 5.56 Å². The number of halogens is 2. The fraction of sp³-hybridized carbons (Fsp3) is 0.619. The van der Waals surface area contributed by atoms with Crippen LogP contribution in [0.25, 0.3) is 11.1 Å². The van der Waals surface area contributed by atoms with Crippen LogP contribution in [0.2, 0.25) is 0 Å². The van der Waals surface area contributed by atoms with Crippen molar-refractivity contribution < 1.29 is 18.0 Å². The Labute approximate surface area is 171 Å². The van der Waals surface area contributed by atoms with Crippen molar-refractivity contribution >= 4 is 16.8 Å². The topological polar surface area (TPSA) is 97.5 Å². The van der Waals surface area contributed by atoms with E-state index in [4.69, 9.17) is 9.25 Å². The Kier molecular flexibility index (Phi) is 5.71. The molecule has 162 valence electrons. The largest absolute Gasteiger partial charge is 0.403 e. The molecule has 0 spiro atoms. The van der Waals surface area contributed by atoms with Crippen LogP contribution in [0.5, 0.6) is 6.01 Å². The average Bonchev–Trinajstić information content (AvgIpc) is 2.64. The van der Waals surface area contributed by atoms with Gasteiger partial charge in [0.15, 0.2) is 0 Å². The molecule has 0 radical (unpaired) electrons. The van der Waals surface area contributed by atoms with E-state index in [9.17, 15) is 18.4 Å². The lowest BCUT2D eigenvalue weighted by atomic mass is 9.81. The number of alkyl halides is 2. The number of H-pyrrole nitrogens is 1. The number of rotatable bonds is 6. The molecule has 0 bridgehead atoms. The molecule has 2 heterocycles. The molecule has 2 aromatic rings. The van der Waals surface area contributed by atoms with Gasteiger partial charge in [-0.25, -0.2) is 13.6 Å². The number of aryl methyl sites for hydroxylation is 1. The van der Waals surface area contributed by atoms with E-state index in [1.165, 1.54) is 25.3 Å². The highest BCUT2D eigenvalue weighted by Crippen LogP contribution is 2.35. The van der Waals surface area contributed by atoms with Crippen LogP contribution in [-0.4, -0.2) is 21.6 Å². The number of fused-ring (bicyclic) bond motifs is 1. The predicted octanol–water partition coefficient (Wildman–Crippen LogP) is 4.19. The summed E-state index contributed by atoms with van der Waals surface area (Å²) < 4.78 is 31.9. The summed E-state index contributed by atoms with van der Waals surface area (Å²) in [6, 6.07) is 1.16. The second-order valence-corrected chi connectivity index (χ2v) is 8.46. The van der Waals surface area contributed by atoms with Crippen LogP contribution in [0.3, 0.4) is 0 Å². The first-order valence-corrected chi connectivity index (χ1v) is 10.5. The summed E-state index contributed by atoms with van der Waals surface area (Å²) in [7, 11) is 0. The predicted molar refractivity (Wildman–Crippen MR) is 107 cm³/mol. The van der Waals surface area contributed by atoms with Crippen LogP contribution >= 0.6 is 0 Å². The number of oxime groups is 1. The summed E-state index contributed by atoms with van der Waals surface area (Å²) in [4.78, 5) is 36.4. The number of aromatic nitrogens is 2. The molecule has 0 unspecified atom stereocenters. The van der Waals surface area contributed by atoms with Gasteiger partial charge in [-0.1, -0.05) is 24.4 Å². The fourth-order valence-electron chi connectivity index (χ4n) is 4.17. The lowest BCUT2D eigenvalue weighted by Gasteiger charge is -2.27. The molecule has 1 N–H and O–H groups in total. The van der Waals surface area contributed by atoms with Crippen LogP contribution in [0.4, 0.5) is 8.78 Å².